The molecule has 6 nitrogen and oxygen atoms in total. The number of rotatable bonds is 6. The Morgan fingerprint density at radius 3 is 2.62 bits per heavy atom. The number of hydrogen-bond acceptors (Lipinski definition) is 4. The van der Waals surface area contributed by atoms with E-state index < -0.39 is 11.9 Å². The van der Waals surface area contributed by atoms with Crippen molar-refractivity contribution in [3.05, 3.63) is 29.8 Å². The van der Waals surface area contributed by atoms with Crippen molar-refractivity contribution in [3.63, 3.8) is 0 Å². The second kappa shape index (κ2) is 8.15. The largest absolute Gasteiger partial charge is 0.496 e. The van der Waals surface area contributed by atoms with E-state index in [1.807, 2.05) is 24.3 Å². The summed E-state index contributed by atoms with van der Waals surface area (Å²) in [5.74, 6) is 0.306. The van der Waals surface area contributed by atoms with Crippen LogP contribution in [0.15, 0.2) is 24.3 Å². The summed E-state index contributed by atoms with van der Waals surface area (Å²) in [6.07, 6.45) is 0.921. The molecule has 0 saturated carbocycles. The minimum absolute atomic E-state index is 0.0342. The van der Waals surface area contributed by atoms with Crippen molar-refractivity contribution >= 4 is 11.8 Å². The van der Waals surface area contributed by atoms with Crippen molar-refractivity contribution in [1.82, 2.24) is 9.80 Å². The molecule has 1 aromatic carbocycles. The van der Waals surface area contributed by atoms with E-state index in [1.165, 1.54) is 0 Å². The van der Waals surface area contributed by atoms with E-state index in [4.69, 9.17) is 10.5 Å². The third-order valence-electron chi connectivity index (χ3n) is 4.59. The average molecular weight is 333 g/mol. The number of carbonyl (C=O) groups excluding carboxylic acids is 2. The maximum Gasteiger partial charge on any atom is 0.241 e. The number of amides is 2. The molecule has 2 rings (SSSR count). The van der Waals surface area contributed by atoms with E-state index >= 15 is 0 Å². The molecule has 1 aromatic rings. The van der Waals surface area contributed by atoms with Crippen LogP contribution in [0.5, 0.6) is 5.75 Å². The SMILES string of the molecule is COc1ccccc1CCC(=O)N1CCN(C(C)C)CC1C(N)=O. The topological polar surface area (TPSA) is 75.9 Å². The molecule has 0 spiro atoms. The maximum absolute atomic E-state index is 12.6. The fourth-order valence-corrected chi connectivity index (χ4v) is 3.11. The van der Waals surface area contributed by atoms with Crippen molar-refractivity contribution in [2.45, 2.75) is 38.8 Å². The van der Waals surface area contributed by atoms with Gasteiger partial charge in [0.1, 0.15) is 11.8 Å². The zero-order valence-electron chi connectivity index (χ0n) is 14.7. The van der Waals surface area contributed by atoms with Crippen LogP contribution in [0.2, 0.25) is 0 Å². The number of primary amides is 1. The molecule has 1 aliphatic rings. The highest BCUT2D eigenvalue weighted by atomic mass is 16.5. The van der Waals surface area contributed by atoms with Crippen molar-refractivity contribution in [1.29, 1.82) is 0 Å². The molecule has 24 heavy (non-hydrogen) atoms. The van der Waals surface area contributed by atoms with Crippen molar-refractivity contribution < 1.29 is 14.3 Å². The molecule has 132 valence electrons. The Hall–Kier alpha value is -2.08. The quantitative estimate of drug-likeness (QED) is 0.844. The molecule has 1 unspecified atom stereocenters. The molecule has 0 radical (unpaired) electrons. The van der Waals surface area contributed by atoms with Crippen molar-refractivity contribution in [3.8, 4) is 5.75 Å². The van der Waals surface area contributed by atoms with Crippen molar-refractivity contribution in [2.24, 2.45) is 5.73 Å². The second-order valence-corrected chi connectivity index (χ2v) is 6.41. The summed E-state index contributed by atoms with van der Waals surface area (Å²) < 4.78 is 5.32. The van der Waals surface area contributed by atoms with Crippen LogP contribution in [0.25, 0.3) is 0 Å². The highest BCUT2D eigenvalue weighted by Crippen LogP contribution is 2.20. The number of methoxy groups -OCH3 is 1. The summed E-state index contributed by atoms with van der Waals surface area (Å²) in [4.78, 5) is 28.2. The lowest BCUT2D eigenvalue weighted by Crippen LogP contribution is -2.61. The Morgan fingerprint density at radius 2 is 2.00 bits per heavy atom. The number of carbonyl (C=O) groups is 2. The molecular formula is C18H27N3O3. The van der Waals surface area contributed by atoms with Crippen LogP contribution in [-0.2, 0) is 16.0 Å². The summed E-state index contributed by atoms with van der Waals surface area (Å²) in [5, 5.41) is 0. The van der Waals surface area contributed by atoms with Gasteiger partial charge >= 0.3 is 0 Å². The van der Waals surface area contributed by atoms with Crippen LogP contribution in [0.4, 0.5) is 0 Å². The fourth-order valence-electron chi connectivity index (χ4n) is 3.11. The predicted molar refractivity (Wildman–Crippen MR) is 92.7 cm³/mol. The molecule has 2 amide bonds. The molecule has 2 N–H and O–H groups in total. The highest BCUT2D eigenvalue weighted by Gasteiger charge is 2.34. The normalized spacial score (nSPS) is 18.7. The molecule has 1 aliphatic heterocycles. The van der Waals surface area contributed by atoms with Gasteiger partial charge in [-0.2, -0.15) is 0 Å². The van der Waals surface area contributed by atoms with E-state index in [1.54, 1.807) is 12.0 Å². The zero-order valence-corrected chi connectivity index (χ0v) is 14.7. The van der Waals surface area contributed by atoms with Gasteiger partial charge in [0.25, 0.3) is 0 Å². The monoisotopic (exact) mass is 333 g/mol. The molecule has 6 heteroatoms. The Balaban J connectivity index is 2.01. The van der Waals surface area contributed by atoms with E-state index in [0.717, 1.165) is 17.9 Å². The molecule has 1 fully saturated rings. The fraction of sp³-hybridized carbons (Fsp3) is 0.556. The van der Waals surface area contributed by atoms with Gasteiger partial charge in [0.15, 0.2) is 0 Å². The number of nitrogens with two attached hydrogens (primary N) is 1. The first-order chi connectivity index (χ1) is 11.4. The summed E-state index contributed by atoms with van der Waals surface area (Å²) in [6, 6.07) is 7.44. The Bertz CT molecular complexity index is 589. The van der Waals surface area contributed by atoms with Crippen LogP contribution in [0.3, 0.4) is 0 Å². The lowest BCUT2D eigenvalue weighted by Gasteiger charge is -2.41. The zero-order chi connectivity index (χ0) is 17.7. The standard InChI is InChI=1S/C18H27N3O3/c1-13(2)20-10-11-21(15(12-20)18(19)23)17(22)9-8-14-6-4-5-7-16(14)24-3/h4-7,13,15H,8-12H2,1-3H3,(H2,19,23). The molecule has 1 heterocycles. The number of nitrogens with zero attached hydrogens (tertiary/aromatic N) is 2. The van der Waals surface area contributed by atoms with Crippen LogP contribution >= 0.6 is 0 Å². The minimum atomic E-state index is -0.550. The number of piperazine rings is 1. The number of aryl methyl sites for hydroxylation is 1. The lowest BCUT2D eigenvalue weighted by atomic mass is 10.1. The summed E-state index contributed by atoms with van der Waals surface area (Å²) >= 11 is 0. The number of hydrogen-bond donors (Lipinski definition) is 1. The maximum atomic E-state index is 12.6. The first-order valence-electron chi connectivity index (χ1n) is 8.38. The van der Waals surface area contributed by atoms with E-state index in [-0.39, 0.29) is 5.91 Å². The number of benzene rings is 1. The molecule has 1 saturated heterocycles. The first kappa shape index (κ1) is 18.3. The van der Waals surface area contributed by atoms with Crippen LogP contribution < -0.4 is 10.5 Å². The van der Waals surface area contributed by atoms with Crippen LogP contribution in [0.1, 0.15) is 25.8 Å². The van der Waals surface area contributed by atoms with Gasteiger partial charge in [0, 0.05) is 32.1 Å². The average Bonchev–Trinajstić information content (AvgIpc) is 2.59. The first-order valence-corrected chi connectivity index (χ1v) is 8.38. The van der Waals surface area contributed by atoms with Gasteiger partial charge in [-0.25, -0.2) is 0 Å². The van der Waals surface area contributed by atoms with Gasteiger partial charge in [-0.05, 0) is 31.9 Å². The second-order valence-electron chi connectivity index (χ2n) is 6.41. The summed E-state index contributed by atoms with van der Waals surface area (Å²) in [7, 11) is 1.62. The smallest absolute Gasteiger partial charge is 0.241 e. The highest BCUT2D eigenvalue weighted by molar-refractivity contribution is 5.87. The van der Waals surface area contributed by atoms with Gasteiger partial charge in [0.05, 0.1) is 7.11 Å². The predicted octanol–water partition coefficient (Wildman–Crippen LogP) is 1.03. The van der Waals surface area contributed by atoms with Crippen LogP contribution in [0, 0.1) is 0 Å². The van der Waals surface area contributed by atoms with E-state index in [0.29, 0.717) is 32.0 Å². The van der Waals surface area contributed by atoms with Crippen molar-refractivity contribution in [2.75, 3.05) is 26.7 Å². The van der Waals surface area contributed by atoms with E-state index in [2.05, 4.69) is 18.7 Å². The van der Waals surface area contributed by atoms with Crippen LogP contribution in [-0.4, -0.2) is 60.4 Å². The van der Waals surface area contributed by atoms with Gasteiger partial charge in [-0.1, -0.05) is 18.2 Å². The Labute approximate surface area is 143 Å². The van der Waals surface area contributed by atoms with Gasteiger partial charge in [-0.3, -0.25) is 14.5 Å². The molecule has 1 atom stereocenters. The van der Waals surface area contributed by atoms with E-state index in [9.17, 15) is 9.59 Å². The van der Waals surface area contributed by atoms with Gasteiger partial charge in [-0.15, -0.1) is 0 Å². The summed E-state index contributed by atoms with van der Waals surface area (Å²) in [5.41, 5.74) is 6.52. The lowest BCUT2D eigenvalue weighted by molar-refractivity contribution is -0.143. The molecular weight excluding hydrogens is 306 g/mol. The molecule has 0 aliphatic carbocycles. The minimum Gasteiger partial charge on any atom is -0.496 e. The molecule has 0 aromatic heterocycles. The van der Waals surface area contributed by atoms with Gasteiger partial charge < -0.3 is 15.4 Å². The number of para-hydroxylation sites is 1. The molecule has 0 bridgehead atoms. The summed E-state index contributed by atoms with van der Waals surface area (Å²) in [6.45, 7) is 5.97. The van der Waals surface area contributed by atoms with Gasteiger partial charge in [0.2, 0.25) is 11.8 Å². The third kappa shape index (κ3) is 4.26. The third-order valence-corrected chi connectivity index (χ3v) is 4.59. The Kier molecular flexibility index (Phi) is 6.20. The number of ether oxygens (including phenoxy) is 1. The Morgan fingerprint density at radius 1 is 1.29 bits per heavy atom.